The highest BCUT2D eigenvalue weighted by Gasteiger charge is 2.22. The molecule has 0 spiro atoms. The number of benzene rings is 1. The second kappa shape index (κ2) is 5.61. The van der Waals surface area contributed by atoms with Crippen LogP contribution in [0, 0.1) is 23.0 Å². The van der Waals surface area contributed by atoms with Crippen LogP contribution in [0.25, 0.3) is 6.08 Å². The van der Waals surface area contributed by atoms with Gasteiger partial charge in [-0.05, 0) is 31.1 Å². The molecule has 1 aromatic carbocycles. The molecule has 3 nitrogen and oxygen atoms in total. The first-order valence-electron chi connectivity index (χ1n) is 5.98. The molecule has 19 heavy (non-hydrogen) atoms. The summed E-state index contributed by atoms with van der Waals surface area (Å²) in [6.07, 6.45) is 2.75. The van der Waals surface area contributed by atoms with Crippen molar-refractivity contribution in [1.29, 1.82) is 5.26 Å². The Morgan fingerprint density at radius 3 is 2.37 bits per heavy atom. The number of likely N-dealkylation sites (tertiary alicyclic amines) is 1. The van der Waals surface area contributed by atoms with Gasteiger partial charge >= 0.3 is 0 Å². The molecule has 2 rings (SSSR count). The summed E-state index contributed by atoms with van der Waals surface area (Å²) in [5.41, 5.74) is -0.600. The maximum Gasteiger partial charge on any atom is 0.264 e. The number of nitrogens with zero attached hydrogens (tertiary/aromatic N) is 2. The van der Waals surface area contributed by atoms with Gasteiger partial charge in [-0.15, -0.1) is 0 Å². The zero-order valence-corrected chi connectivity index (χ0v) is 10.2. The lowest BCUT2D eigenvalue weighted by molar-refractivity contribution is -0.125. The number of carbonyl (C=O) groups excluding carboxylic acids is 1. The maximum absolute atomic E-state index is 13.5. The number of amides is 1. The van der Waals surface area contributed by atoms with Crippen molar-refractivity contribution in [2.75, 3.05) is 13.1 Å². The van der Waals surface area contributed by atoms with Crippen LogP contribution in [0.15, 0.2) is 23.8 Å². The number of hydrogen-bond donors (Lipinski definition) is 0. The smallest absolute Gasteiger partial charge is 0.264 e. The van der Waals surface area contributed by atoms with E-state index in [4.69, 9.17) is 5.26 Å². The van der Waals surface area contributed by atoms with Crippen LogP contribution in [0.5, 0.6) is 0 Å². The van der Waals surface area contributed by atoms with Crippen LogP contribution < -0.4 is 0 Å². The molecule has 1 amide bonds. The van der Waals surface area contributed by atoms with Gasteiger partial charge in [-0.2, -0.15) is 5.26 Å². The van der Waals surface area contributed by atoms with Crippen molar-refractivity contribution in [3.8, 4) is 6.07 Å². The Hall–Kier alpha value is -2.22. The van der Waals surface area contributed by atoms with Gasteiger partial charge in [0.1, 0.15) is 23.3 Å². The minimum atomic E-state index is -0.790. The van der Waals surface area contributed by atoms with E-state index in [0.717, 1.165) is 31.1 Å². The fraction of sp³-hybridized carbons (Fsp3) is 0.286. The molecule has 1 saturated heterocycles. The molecular formula is C14H12F2N2O. The van der Waals surface area contributed by atoms with Crippen LogP contribution in [-0.2, 0) is 4.79 Å². The normalized spacial score (nSPS) is 15.4. The molecule has 1 aromatic rings. The quantitative estimate of drug-likeness (QED) is 0.607. The summed E-state index contributed by atoms with van der Waals surface area (Å²) >= 11 is 0. The standard InChI is InChI=1S/C14H12F2N2O/c15-12-4-3-5-13(16)11(12)8-10(9-17)14(19)18-6-1-2-7-18/h3-5,8H,1-2,6-7H2. The summed E-state index contributed by atoms with van der Waals surface area (Å²) in [5.74, 6) is -2.05. The Labute approximate surface area is 109 Å². The zero-order chi connectivity index (χ0) is 13.8. The van der Waals surface area contributed by atoms with E-state index in [0.29, 0.717) is 13.1 Å². The second-order valence-electron chi connectivity index (χ2n) is 4.30. The first kappa shape index (κ1) is 13.2. The van der Waals surface area contributed by atoms with Crippen molar-refractivity contribution in [1.82, 2.24) is 4.90 Å². The summed E-state index contributed by atoms with van der Waals surface area (Å²) in [4.78, 5) is 13.5. The van der Waals surface area contributed by atoms with Gasteiger partial charge in [-0.1, -0.05) is 6.07 Å². The molecule has 0 bridgehead atoms. The highest BCUT2D eigenvalue weighted by molar-refractivity contribution is 6.01. The topological polar surface area (TPSA) is 44.1 Å². The van der Waals surface area contributed by atoms with E-state index in [2.05, 4.69) is 0 Å². The van der Waals surface area contributed by atoms with Crippen molar-refractivity contribution in [2.45, 2.75) is 12.8 Å². The molecule has 1 aliphatic rings. The van der Waals surface area contributed by atoms with Crippen LogP contribution in [-0.4, -0.2) is 23.9 Å². The average molecular weight is 262 g/mol. The van der Waals surface area contributed by atoms with Crippen molar-refractivity contribution in [3.63, 3.8) is 0 Å². The van der Waals surface area contributed by atoms with Crippen molar-refractivity contribution < 1.29 is 13.6 Å². The molecule has 5 heteroatoms. The lowest BCUT2D eigenvalue weighted by Crippen LogP contribution is -2.28. The molecule has 0 radical (unpaired) electrons. The summed E-state index contributed by atoms with van der Waals surface area (Å²) in [6, 6.07) is 5.13. The van der Waals surface area contributed by atoms with Crippen LogP contribution >= 0.6 is 0 Å². The van der Waals surface area contributed by atoms with Gasteiger partial charge in [-0.3, -0.25) is 4.79 Å². The zero-order valence-electron chi connectivity index (χ0n) is 10.2. The van der Waals surface area contributed by atoms with Crippen LogP contribution in [0.4, 0.5) is 8.78 Å². The molecule has 0 N–H and O–H groups in total. The molecular weight excluding hydrogens is 250 g/mol. The lowest BCUT2D eigenvalue weighted by atomic mass is 10.1. The Balaban J connectivity index is 2.34. The largest absolute Gasteiger partial charge is 0.338 e. The van der Waals surface area contributed by atoms with E-state index in [9.17, 15) is 13.6 Å². The number of halogens is 2. The molecule has 0 unspecified atom stereocenters. The molecule has 0 aromatic heterocycles. The Kier molecular flexibility index (Phi) is 3.91. The molecule has 0 atom stereocenters. The predicted octanol–water partition coefficient (Wildman–Crippen LogP) is 2.49. The number of nitriles is 1. The molecule has 0 aliphatic carbocycles. The SMILES string of the molecule is N#CC(=Cc1c(F)cccc1F)C(=O)N1CCCC1. The van der Waals surface area contributed by atoms with E-state index in [-0.39, 0.29) is 11.1 Å². The van der Waals surface area contributed by atoms with E-state index in [1.165, 1.54) is 11.0 Å². The van der Waals surface area contributed by atoms with Crippen LogP contribution in [0.1, 0.15) is 18.4 Å². The van der Waals surface area contributed by atoms with Gasteiger partial charge in [0.25, 0.3) is 5.91 Å². The minimum absolute atomic E-state index is 0.245. The Morgan fingerprint density at radius 1 is 1.26 bits per heavy atom. The van der Waals surface area contributed by atoms with E-state index in [1.807, 2.05) is 0 Å². The summed E-state index contributed by atoms with van der Waals surface area (Å²) < 4.78 is 26.9. The Morgan fingerprint density at radius 2 is 1.84 bits per heavy atom. The third-order valence-electron chi connectivity index (χ3n) is 3.03. The molecule has 1 aliphatic heterocycles. The highest BCUT2D eigenvalue weighted by Crippen LogP contribution is 2.18. The van der Waals surface area contributed by atoms with Gasteiger partial charge in [0.15, 0.2) is 0 Å². The third-order valence-corrected chi connectivity index (χ3v) is 3.03. The lowest BCUT2D eigenvalue weighted by Gasteiger charge is -2.14. The van der Waals surface area contributed by atoms with Crippen molar-refractivity contribution in [3.05, 3.63) is 41.0 Å². The molecule has 1 fully saturated rings. The van der Waals surface area contributed by atoms with Gasteiger partial charge < -0.3 is 4.90 Å². The van der Waals surface area contributed by atoms with E-state index in [1.54, 1.807) is 6.07 Å². The average Bonchev–Trinajstić information content (AvgIpc) is 2.92. The Bertz CT molecular complexity index is 549. The minimum Gasteiger partial charge on any atom is -0.338 e. The number of hydrogen-bond acceptors (Lipinski definition) is 2. The van der Waals surface area contributed by atoms with Crippen LogP contribution in [0.3, 0.4) is 0 Å². The summed E-state index contributed by atoms with van der Waals surface area (Å²) in [5, 5.41) is 8.99. The molecule has 1 heterocycles. The fourth-order valence-electron chi connectivity index (χ4n) is 2.03. The van der Waals surface area contributed by atoms with Gasteiger partial charge in [-0.25, -0.2) is 8.78 Å². The highest BCUT2D eigenvalue weighted by atomic mass is 19.1. The van der Waals surface area contributed by atoms with Crippen LogP contribution in [0.2, 0.25) is 0 Å². The van der Waals surface area contributed by atoms with Crippen molar-refractivity contribution >= 4 is 12.0 Å². The maximum atomic E-state index is 13.5. The fourth-order valence-corrected chi connectivity index (χ4v) is 2.03. The van der Waals surface area contributed by atoms with Gasteiger partial charge in [0.2, 0.25) is 0 Å². The van der Waals surface area contributed by atoms with Gasteiger partial charge in [0.05, 0.1) is 0 Å². The second-order valence-corrected chi connectivity index (χ2v) is 4.30. The van der Waals surface area contributed by atoms with Gasteiger partial charge in [0, 0.05) is 18.7 Å². The monoisotopic (exact) mass is 262 g/mol. The van der Waals surface area contributed by atoms with Crippen molar-refractivity contribution in [2.24, 2.45) is 0 Å². The third kappa shape index (κ3) is 2.79. The number of rotatable bonds is 2. The number of carbonyl (C=O) groups is 1. The van der Waals surface area contributed by atoms with E-state index < -0.39 is 17.5 Å². The first-order chi connectivity index (χ1) is 9.13. The predicted molar refractivity (Wildman–Crippen MR) is 65.8 cm³/mol. The molecule has 0 saturated carbocycles. The van der Waals surface area contributed by atoms with E-state index >= 15 is 0 Å². The molecule has 98 valence electrons. The first-order valence-corrected chi connectivity index (χ1v) is 5.98. The summed E-state index contributed by atoms with van der Waals surface area (Å²) in [6.45, 7) is 1.16. The summed E-state index contributed by atoms with van der Waals surface area (Å²) in [7, 11) is 0.